The van der Waals surface area contributed by atoms with Gasteiger partial charge in [-0.2, -0.15) is 0 Å². The Kier molecular flexibility index (Phi) is 5.62. The Morgan fingerprint density at radius 1 is 0.913 bits per heavy atom. The van der Waals surface area contributed by atoms with Gasteiger partial charge in [0, 0.05) is 9.80 Å². The summed E-state index contributed by atoms with van der Waals surface area (Å²) in [6.45, 7) is 3.68. The predicted molar refractivity (Wildman–Crippen MR) is 107 cm³/mol. The summed E-state index contributed by atoms with van der Waals surface area (Å²) in [6.07, 6.45) is 15.6. The average Bonchev–Trinajstić information content (AvgIpc) is 2.61. The predicted octanol–water partition coefficient (Wildman–Crippen LogP) is 7.09. The summed E-state index contributed by atoms with van der Waals surface area (Å²) >= 11 is 0. The summed E-state index contributed by atoms with van der Waals surface area (Å²) in [7, 11) is 3.63. The van der Waals surface area contributed by atoms with E-state index < -0.39 is 0 Å². The van der Waals surface area contributed by atoms with Gasteiger partial charge in [0.15, 0.2) is 0 Å². The van der Waals surface area contributed by atoms with Crippen molar-refractivity contribution in [2.45, 2.75) is 11.3 Å². The maximum Gasteiger partial charge on any atom is 0.0192 e. The SMILES string of the molecule is C=C/C=C\C=C1\C=CC(SSc2ccc3ccccc3c2)=CC1. The van der Waals surface area contributed by atoms with E-state index in [0.29, 0.717) is 0 Å². The average molecular weight is 335 g/mol. The van der Waals surface area contributed by atoms with Gasteiger partial charge in [0.1, 0.15) is 0 Å². The van der Waals surface area contributed by atoms with E-state index in [4.69, 9.17) is 0 Å². The third-order valence-corrected chi connectivity index (χ3v) is 5.94. The molecule has 0 heterocycles. The molecular formula is C21H18S2. The maximum atomic E-state index is 3.68. The van der Waals surface area contributed by atoms with E-state index in [1.807, 2.05) is 33.7 Å². The smallest absolute Gasteiger partial charge is 0.0192 e. The van der Waals surface area contributed by atoms with E-state index in [-0.39, 0.29) is 0 Å². The zero-order valence-corrected chi connectivity index (χ0v) is 14.4. The minimum Gasteiger partial charge on any atom is -0.0991 e. The molecule has 0 aromatic heterocycles. The van der Waals surface area contributed by atoms with Crippen LogP contribution in [0.1, 0.15) is 6.42 Å². The third kappa shape index (κ3) is 4.54. The van der Waals surface area contributed by atoms with Gasteiger partial charge in [-0.3, -0.25) is 0 Å². The molecule has 0 saturated carbocycles. The molecule has 23 heavy (non-hydrogen) atoms. The van der Waals surface area contributed by atoms with E-state index in [1.54, 1.807) is 6.08 Å². The molecule has 0 fully saturated rings. The lowest BCUT2D eigenvalue weighted by Gasteiger charge is -2.08. The highest BCUT2D eigenvalue weighted by atomic mass is 33.1. The Bertz CT molecular complexity index is 823. The van der Waals surface area contributed by atoms with Gasteiger partial charge in [-0.25, -0.2) is 0 Å². The molecule has 0 saturated heterocycles. The monoisotopic (exact) mass is 334 g/mol. The number of rotatable bonds is 5. The standard InChI is InChI=1S/C21H18S2/c1-2-3-4-7-17-10-13-20(14-11-17)22-23-21-15-12-18-8-5-6-9-19(18)16-21/h2-10,12-16H,1,11H2/b4-3-,17-7-. The van der Waals surface area contributed by atoms with Gasteiger partial charge in [0.05, 0.1) is 0 Å². The van der Waals surface area contributed by atoms with Crippen molar-refractivity contribution in [3.05, 3.63) is 102 Å². The van der Waals surface area contributed by atoms with Crippen LogP contribution in [0.5, 0.6) is 0 Å². The quantitative estimate of drug-likeness (QED) is 0.423. The molecular weight excluding hydrogens is 316 g/mol. The topological polar surface area (TPSA) is 0 Å². The summed E-state index contributed by atoms with van der Waals surface area (Å²) < 4.78 is 0. The second-order valence-corrected chi connectivity index (χ2v) is 7.46. The van der Waals surface area contributed by atoms with Gasteiger partial charge in [0.25, 0.3) is 0 Å². The van der Waals surface area contributed by atoms with E-state index in [9.17, 15) is 0 Å². The van der Waals surface area contributed by atoms with Gasteiger partial charge in [-0.05, 0) is 41.0 Å². The number of fused-ring (bicyclic) bond motifs is 1. The zero-order valence-electron chi connectivity index (χ0n) is 12.8. The molecule has 0 bridgehead atoms. The van der Waals surface area contributed by atoms with Crippen LogP contribution < -0.4 is 0 Å². The van der Waals surface area contributed by atoms with Crippen molar-refractivity contribution in [3.8, 4) is 0 Å². The third-order valence-electron chi connectivity index (χ3n) is 3.51. The Labute approximate surface area is 145 Å². The second-order valence-electron chi connectivity index (χ2n) is 5.18. The van der Waals surface area contributed by atoms with Crippen LogP contribution in [0.4, 0.5) is 0 Å². The molecule has 1 aliphatic rings. The number of hydrogen-bond acceptors (Lipinski definition) is 2. The van der Waals surface area contributed by atoms with Crippen LogP contribution in [0.25, 0.3) is 10.8 Å². The first kappa shape index (κ1) is 16.0. The van der Waals surface area contributed by atoms with Crippen molar-refractivity contribution in [1.82, 2.24) is 0 Å². The van der Waals surface area contributed by atoms with Crippen LogP contribution in [0.3, 0.4) is 0 Å². The Morgan fingerprint density at radius 3 is 2.57 bits per heavy atom. The molecule has 0 aliphatic heterocycles. The molecule has 2 aromatic rings. The lowest BCUT2D eigenvalue weighted by Crippen LogP contribution is -1.83. The fourth-order valence-corrected chi connectivity index (χ4v) is 4.33. The van der Waals surface area contributed by atoms with E-state index in [2.05, 4.69) is 73.3 Å². The molecule has 0 unspecified atom stereocenters. The highest BCUT2D eigenvalue weighted by molar-refractivity contribution is 8.78. The van der Waals surface area contributed by atoms with E-state index in [1.165, 1.54) is 26.1 Å². The molecule has 0 atom stereocenters. The lowest BCUT2D eigenvalue weighted by molar-refractivity contribution is 1.26. The van der Waals surface area contributed by atoms with Crippen molar-refractivity contribution in [2.24, 2.45) is 0 Å². The number of allylic oxidation sites excluding steroid dienone is 8. The largest absolute Gasteiger partial charge is 0.0991 e. The van der Waals surface area contributed by atoms with Gasteiger partial charge in [-0.15, -0.1) is 0 Å². The maximum absolute atomic E-state index is 3.68. The zero-order chi connectivity index (χ0) is 15.9. The molecule has 0 nitrogen and oxygen atoms in total. The Morgan fingerprint density at radius 2 is 1.78 bits per heavy atom. The molecule has 1 aliphatic carbocycles. The van der Waals surface area contributed by atoms with Crippen LogP contribution in [0.15, 0.2) is 107 Å². The molecule has 0 amide bonds. The van der Waals surface area contributed by atoms with Gasteiger partial charge in [-0.1, -0.05) is 95.0 Å². The van der Waals surface area contributed by atoms with Gasteiger partial charge < -0.3 is 0 Å². The van der Waals surface area contributed by atoms with E-state index >= 15 is 0 Å². The summed E-state index contributed by atoms with van der Waals surface area (Å²) in [5.41, 5.74) is 1.32. The fraction of sp³-hybridized carbons (Fsp3) is 0.0476. The molecule has 2 aromatic carbocycles. The Balaban J connectivity index is 1.60. The molecule has 114 valence electrons. The summed E-state index contributed by atoms with van der Waals surface area (Å²) in [4.78, 5) is 2.60. The molecule has 0 spiro atoms. The van der Waals surface area contributed by atoms with Crippen LogP contribution >= 0.6 is 21.6 Å². The molecule has 0 N–H and O–H groups in total. The summed E-state index contributed by atoms with van der Waals surface area (Å²) in [6, 6.07) is 15.1. The number of benzene rings is 2. The first-order valence-electron chi connectivity index (χ1n) is 7.55. The van der Waals surface area contributed by atoms with Crippen molar-refractivity contribution in [2.75, 3.05) is 0 Å². The molecule has 2 heteroatoms. The Hall–Kier alpha value is -1.90. The second kappa shape index (κ2) is 8.09. The van der Waals surface area contributed by atoms with Crippen molar-refractivity contribution < 1.29 is 0 Å². The normalized spacial score (nSPS) is 16.2. The minimum atomic E-state index is 0.985. The van der Waals surface area contributed by atoms with Gasteiger partial charge >= 0.3 is 0 Å². The summed E-state index contributed by atoms with van der Waals surface area (Å²) in [5, 5.41) is 2.59. The molecule has 3 rings (SSSR count). The first-order chi connectivity index (χ1) is 11.3. The first-order valence-corrected chi connectivity index (χ1v) is 9.70. The fourth-order valence-electron chi connectivity index (χ4n) is 2.30. The highest BCUT2D eigenvalue weighted by Gasteiger charge is 2.04. The lowest BCUT2D eigenvalue weighted by atomic mass is 10.1. The van der Waals surface area contributed by atoms with Crippen molar-refractivity contribution in [1.29, 1.82) is 0 Å². The summed E-state index contributed by atoms with van der Waals surface area (Å²) in [5.74, 6) is 0. The number of hydrogen-bond donors (Lipinski definition) is 0. The van der Waals surface area contributed by atoms with Gasteiger partial charge in [0.2, 0.25) is 0 Å². The highest BCUT2D eigenvalue weighted by Crippen LogP contribution is 2.40. The van der Waals surface area contributed by atoms with Crippen molar-refractivity contribution >= 4 is 32.4 Å². The minimum absolute atomic E-state index is 0.985. The molecule has 0 radical (unpaired) electrons. The van der Waals surface area contributed by atoms with Crippen LogP contribution in [0.2, 0.25) is 0 Å². The van der Waals surface area contributed by atoms with E-state index in [0.717, 1.165) is 6.42 Å². The van der Waals surface area contributed by atoms with Crippen molar-refractivity contribution in [3.63, 3.8) is 0 Å². The van der Waals surface area contributed by atoms with Crippen LogP contribution in [-0.2, 0) is 0 Å². The van der Waals surface area contributed by atoms with Crippen LogP contribution in [0, 0.1) is 0 Å². The van der Waals surface area contributed by atoms with Crippen LogP contribution in [-0.4, -0.2) is 0 Å².